The number of benzene rings is 1. The minimum atomic E-state index is -0.388. The Labute approximate surface area is 78.3 Å². The van der Waals surface area contributed by atoms with Crippen molar-refractivity contribution in [2.24, 2.45) is 0 Å². The predicted molar refractivity (Wildman–Crippen MR) is 53.4 cm³/mol. The van der Waals surface area contributed by atoms with Gasteiger partial charge in [0.2, 0.25) is 0 Å². The topological polar surface area (TPSA) is 9.23 Å². The van der Waals surface area contributed by atoms with Crippen molar-refractivity contribution in [2.45, 2.75) is 5.60 Å². The molecular weight excluding hydrogens is 160 g/mol. The van der Waals surface area contributed by atoms with Gasteiger partial charge in [0.1, 0.15) is 5.60 Å². The van der Waals surface area contributed by atoms with Crippen LogP contribution < -0.4 is 0 Å². The fraction of sp³-hybridized carbons (Fsp3) is 0.167. The highest BCUT2D eigenvalue weighted by molar-refractivity contribution is 5.34. The zero-order valence-electron chi connectivity index (χ0n) is 7.44. The van der Waals surface area contributed by atoms with Gasteiger partial charge in [0.15, 0.2) is 0 Å². The lowest BCUT2D eigenvalue weighted by Crippen LogP contribution is -2.20. The normalized spacial score (nSPS) is 26.2. The summed E-state index contributed by atoms with van der Waals surface area (Å²) in [6, 6.07) is 10.1. The molecule has 1 aromatic carbocycles. The third-order valence-electron chi connectivity index (χ3n) is 2.31. The van der Waals surface area contributed by atoms with Gasteiger partial charge in [-0.3, -0.25) is 0 Å². The maximum Gasteiger partial charge on any atom is 0.130 e. The summed E-state index contributed by atoms with van der Waals surface area (Å²) in [5.41, 5.74) is 0.750. The number of hydrogen-bond donors (Lipinski definition) is 0. The second-order valence-corrected chi connectivity index (χ2v) is 3.08. The van der Waals surface area contributed by atoms with Crippen LogP contribution in [0, 0.1) is 0 Å². The quantitative estimate of drug-likeness (QED) is 0.623. The van der Waals surface area contributed by atoms with Crippen LogP contribution in [0.25, 0.3) is 0 Å². The molecule has 1 nitrogen and oxygen atoms in total. The summed E-state index contributed by atoms with van der Waals surface area (Å²) in [6.45, 7) is 4.48. The van der Waals surface area contributed by atoms with Gasteiger partial charge in [-0.2, -0.15) is 0 Å². The predicted octanol–water partition coefficient (Wildman–Crippen LogP) is 2.65. The Balaban J connectivity index is 2.43. The highest BCUT2D eigenvalue weighted by Gasteiger charge is 2.28. The Morgan fingerprint density at radius 3 is 2.62 bits per heavy atom. The van der Waals surface area contributed by atoms with E-state index in [9.17, 15) is 0 Å². The molecule has 13 heavy (non-hydrogen) atoms. The fourth-order valence-corrected chi connectivity index (χ4v) is 1.58. The molecule has 0 radical (unpaired) electrons. The molecule has 0 spiro atoms. The SMILES string of the molecule is C=C[C@@]1(c2ccccc2)C=CCO1. The first-order valence-corrected chi connectivity index (χ1v) is 4.38. The fourth-order valence-electron chi connectivity index (χ4n) is 1.58. The van der Waals surface area contributed by atoms with Crippen molar-refractivity contribution in [1.82, 2.24) is 0 Å². The Bertz CT molecular complexity index is 326. The minimum Gasteiger partial charge on any atom is -0.358 e. The highest BCUT2D eigenvalue weighted by atomic mass is 16.5. The summed E-state index contributed by atoms with van der Waals surface area (Å²) >= 11 is 0. The molecule has 66 valence electrons. The van der Waals surface area contributed by atoms with Gasteiger partial charge in [0.25, 0.3) is 0 Å². The summed E-state index contributed by atoms with van der Waals surface area (Å²) in [4.78, 5) is 0. The molecule has 0 N–H and O–H groups in total. The van der Waals surface area contributed by atoms with Gasteiger partial charge in [-0.1, -0.05) is 49.1 Å². The molecule has 0 aliphatic carbocycles. The van der Waals surface area contributed by atoms with Crippen molar-refractivity contribution in [3.63, 3.8) is 0 Å². The molecule has 0 amide bonds. The average Bonchev–Trinajstić information content (AvgIpc) is 2.69. The van der Waals surface area contributed by atoms with E-state index in [0.717, 1.165) is 5.56 Å². The zero-order valence-corrected chi connectivity index (χ0v) is 7.44. The van der Waals surface area contributed by atoms with E-state index in [1.165, 1.54) is 0 Å². The Hall–Kier alpha value is -1.34. The Morgan fingerprint density at radius 2 is 2.08 bits per heavy atom. The molecule has 0 saturated carbocycles. The van der Waals surface area contributed by atoms with Crippen LogP contribution in [0.5, 0.6) is 0 Å². The lowest BCUT2D eigenvalue weighted by atomic mass is 9.94. The van der Waals surface area contributed by atoms with Crippen LogP contribution in [0.2, 0.25) is 0 Å². The molecule has 1 aromatic rings. The summed E-state index contributed by atoms with van der Waals surface area (Å²) in [5.74, 6) is 0. The molecule has 0 aromatic heterocycles. The van der Waals surface area contributed by atoms with E-state index in [1.54, 1.807) is 0 Å². The molecular formula is C12H12O. The van der Waals surface area contributed by atoms with Crippen molar-refractivity contribution < 1.29 is 4.74 Å². The lowest BCUT2D eigenvalue weighted by molar-refractivity contribution is 0.0641. The van der Waals surface area contributed by atoms with Crippen LogP contribution in [0.15, 0.2) is 55.1 Å². The molecule has 0 unspecified atom stereocenters. The zero-order chi connectivity index (χ0) is 9.15. The Morgan fingerprint density at radius 1 is 1.31 bits per heavy atom. The molecule has 1 atom stereocenters. The van der Waals surface area contributed by atoms with Crippen LogP contribution in [-0.2, 0) is 10.3 Å². The van der Waals surface area contributed by atoms with Crippen molar-refractivity contribution in [3.05, 3.63) is 60.7 Å². The lowest BCUT2D eigenvalue weighted by Gasteiger charge is -2.23. The van der Waals surface area contributed by atoms with Crippen molar-refractivity contribution in [1.29, 1.82) is 0 Å². The third-order valence-corrected chi connectivity index (χ3v) is 2.31. The van der Waals surface area contributed by atoms with E-state index in [-0.39, 0.29) is 5.60 Å². The second kappa shape index (κ2) is 3.19. The van der Waals surface area contributed by atoms with Crippen molar-refractivity contribution >= 4 is 0 Å². The van der Waals surface area contributed by atoms with Gasteiger partial charge in [-0.25, -0.2) is 0 Å². The first-order chi connectivity index (χ1) is 6.37. The average molecular weight is 172 g/mol. The van der Waals surface area contributed by atoms with E-state index >= 15 is 0 Å². The third kappa shape index (κ3) is 1.31. The van der Waals surface area contributed by atoms with Gasteiger partial charge in [0.05, 0.1) is 6.61 Å². The molecule has 2 rings (SSSR count). The van der Waals surface area contributed by atoms with Crippen molar-refractivity contribution in [2.75, 3.05) is 6.61 Å². The van der Waals surface area contributed by atoms with Gasteiger partial charge in [-0.15, -0.1) is 0 Å². The van der Waals surface area contributed by atoms with Gasteiger partial charge < -0.3 is 4.74 Å². The molecule has 0 bridgehead atoms. The van der Waals surface area contributed by atoms with Crippen LogP contribution in [0.3, 0.4) is 0 Å². The second-order valence-electron chi connectivity index (χ2n) is 3.08. The summed E-state index contributed by atoms with van der Waals surface area (Å²) in [7, 11) is 0. The summed E-state index contributed by atoms with van der Waals surface area (Å²) in [6.07, 6.45) is 5.91. The van der Waals surface area contributed by atoms with Crippen LogP contribution >= 0.6 is 0 Å². The van der Waals surface area contributed by atoms with E-state index < -0.39 is 0 Å². The minimum absolute atomic E-state index is 0.388. The van der Waals surface area contributed by atoms with E-state index in [1.807, 2.05) is 30.4 Å². The number of hydrogen-bond acceptors (Lipinski definition) is 1. The summed E-state index contributed by atoms with van der Waals surface area (Å²) < 4.78 is 5.65. The molecule has 1 heteroatoms. The van der Waals surface area contributed by atoms with Crippen LogP contribution in [0.4, 0.5) is 0 Å². The number of rotatable bonds is 2. The molecule has 0 fully saturated rings. The van der Waals surface area contributed by atoms with E-state index in [4.69, 9.17) is 4.74 Å². The van der Waals surface area contributed by atoms with Crippen LogP contribution in [0.1, 0.15) is 5.56 Å². The van der Waals surface area contributed by atoms with Gasteiger partial charge >= 0.3 is 0 Å². The van der Waals surface area contributed by atoms with Gasteiger partial charge in [0, 0.05) is 0 Å². The first-order valence-electron chi connectivity index (χ1n) is 4.38. The monoisotopic (exact) mass is 172 g/mol. The maximum absolute atomic E-state index is 5.65. The Kier molecular flexibility index (Phi) is 2.03. The molecule has 0 saturated heterocycles. The molecule has 1 heterocycles. The summed E-state index contributed by atoms with van der Waals surface area (Å²) in [5, 5.41) is 0. The highest BCUT2D eigenvalue weighted by Crippen LogP contribution is 2.31. The molecule has 1 aliphatic heterocycles. The van der Waals surface area contributed by atoms with E-state index in [0.29, 0.717) is 6.61 Å². The molecule has 1 aliphatic rings. The van der Waals surface area contributed by atoms with E-state index in [2.05, 4.69) is 24.8 Å². The number of ether oxygens (including phenoxy) is 1. The van der Waals surface area contributed by atoms with Crippen molar-refractivity contribution in [3.8, 4) is 0 Å². The maximum atomic E-state index is 5.65. The first kappa shape index (κ1) is 8.27. The van der Waals surface area contributed by atoms with Crippen LogP contribution in [-0.4, -0.2) is 6.61 Å². The standard InChI is InChI=1S/C12H12O/c1-2-12(9-6-10-13-12)11-7-4-3-5-8-11/h2-9H,1,10H2/t12-/m0/s1. The largest absolute Gasteiger partial charge is 0.358 e. The van der Waals surface area contributed by atoms with Gasteiger partial charge in [-0.05, 0) is 11.6 Å². The smallest absolute Gasteiger partial charge is 0.130 e.